The Morgan fingerprint density at radius 2 is 1.38 bits per heavy atom. The number of esters is 1. The van der Waals surface area contributed by atoms with Gasteiger partial charge in [0.2, 0.25) is 5.91 Å². The molecule has 212 valence electrons. The molecule has 0 aromatic heterocycles. The number of ketones is 1. The van der Waals surface area contributed by atoms with Crippen LogP contribution in [0.5, 0.6) is 0 Å². The number of Topliss-reactive ketones (excluding diaryl/α,β-unsaturated/α-hetero) is 1. The Kier molecular flexibility index (Phi) is 13.2. The first kappa shape index (κ1) is 31.5. The van der Waals surface area contributed by atoms with E-state index in [0.29, 0.717) is 19.3 Å². The van der Waals surface area contributed by atoms with Crippen molar-refractivity contribution >= 4 is 23.8 Å². The Bertz CT molecular complexity index is 1060. The molecule has 0 spiro atoms. The SMILES string of the molecule is COC(=O)[C@H](Cc1ccccc1)NC(=O)[C@@H](CC(=O)[C@H](CCc1ccccc1)NC(=O)OC(C)C)CC(C)C. The predicted molar refractivity (Wildman–Crippen MR) is 150 cm³/mol. The van der Waals surface area contributed by atoms with Crippen LogP contribution < -0.4 is 10.6 Å². The second-order valence-corrected chi connectivity index (χ2v) is 10.4. The van der Waals surface area contributed by atoms with Crippen molar-refractivity contribution in [3.63, 3.8) is 0 Å². The number of carbonyl (C=O) groups is 4. The van der Waals surface area contributed by atoms with Crippen LogP contribution in [0.3, 0.4) is 0 Å². The summed E-state index contributed by atoms with van der Waals surface area (Å²) in [5.41, 5.74) is 1.91. The van der Waals surface area contributed by atoms with Crippen LogP contribution in [-0.4, -0.2) is 49.1 Å². The van der Waals surface area contributed by atoms with Crippen molar-refractivity contribution in [2.45, 2.75) is 78.0 Å². The van der Waals surface area contributed by atoms with E-state index in [4.69, 9.17) is 9.47 Å². The summed E-state index contributed by atoms with van der Waals surface area (Å²) in [6, 6.07) is 17.3. The van der Waals surface area contributed by atoms with Crippen molar-refractivity contribution in [3.05, 3.63) is 71.8 Å². The quantitative estimate of drug-likeness (QED) is 0.320. The van der Waals surface area contributed by atoms with E-state index in [1.807, 2.05) is 74.5 Å². The number of carbonyl (C=O) groups excluding carboxylic acids is 4. The standard InChI is InChI=1S/C31H42N2O6/c1-21(2)18-25(29(35)32-27(30(36)38-5)19-24-14-10-7-11-15-24)20-28(34)26(33-31(37)39-22(3)4)17-16-23-12-8-6-9-13-23/h6-15,21-22,25-27H,16-20H2,1-5H3,(H,32,35)(H,33,37)/t25-,26+,27+/m1/s1. The van der Waals surface area contributed by atoms with E-state index < -0.39 is 36.0 Å². The molecule has 2 N–H and O–H groups in total. The van der Waals surface area contributed by atoms with Crippen molar-refractivity contribution in [1.29, 1.82) is 0 Å². The van der Waals surface area contributed by atoms with Crippen molar-refractivity contribution in [1.82, 2.24) is 10.6 Å². The zero-order valence-corrected chi connectivity index (χ0v) is 23.6. The van der Waals surface area contributed by atoms with Gasteiger partial charge in [-0.15, -0.1) is 0 Å². The molecule has 2 aromatic rings. The summed E-state index contributed by atoms with van der Waals surface area (Å²) in [5.74, 6) is -1.76. The number of hydrogen-bond donors (Lipinski definition) is 2. The Balaban J connectivity index is 2.18. The van der Waals surface area contributed by atoms with Crippen molar-refractivity contribution < 1.29 is 28.7 Å². The number of hydrogen-bond acceptors (Lipinski definition) is 6. The van der Waals surface area contributed by atoms with Crippen LogP contribution in [0.4, 0.5) is 4.79 Å². The number of rotatable bonds is 15. The second kappa shape index (κ2) is 16.3. The van der Waals surface area contributed by atoms with E-state index in [1.165, 1.54) is 7.11 Å². The number of nitrogens with one attached hydrogen (secondary N) is 2. The van der Waals surface area contributed by atoms with E-state index in [9.17, 15) is 19.2 Å². The van der Waals surface area contributed by atoms with Gasteiger partial charge < -0.3 is 20.1 Å². The highest BCUT2D eigenvalue weighted by atomic mass is 16.6. The first-order chi connectivity index (χ1) is 18.6. The van der Waals surface area contributed by atoms with Gasteiger partial charge in [-0.25, -0.2) is 9.59 Å². The number of alkyl carbamates (subject to hydrolysis) is 1. The smallest absolute Gasteiger partial charge is 0.407 e. The Morgan fingerprint density at radius 1 is 0.795 bits per heavy atom. The lowest BCUT2D eigenvalue weighted by molar-refractivity contribution is -0.145. The molecule has 0 radical (unpaired) electrons. The lowest BCUT2D eigenvalue weighted by atomic mass is 9.88. The molecule has 0 heterocycles. The highest BCUT2D eigenvalue weighted by Gasteiger charge is 2.31. The topological polar surface area (TPSA) is 111 Å². The molecule has 0 aliphatic rings. The van der Waals surface area contributed by atoms with Crippen molar-refractivity contribution in [3.8, 4) is 0 Å². The van der Waals surface area contributed by atoms with Crippen molar-refractivity contribution in [2.75, 3.05) is 7.11 Å². The number of methoxy groups -OCH3 is 1. The molecule has 0 fully saturated rings. The molecule has 0 saturated carbocycles. The molecule has 2 aromatic carbocycles. The van der Waals surface area contributed by atoms with Crippen molar-refractivity contribution in [2.24, 2.45) is 11.8 Å². The van der Waals surface area contributed by atoms with Crippen LogP contribution in [-0.2, 0) is 36.7 Å². The third-order valence-electron chi connectivity index (χ3n) is 6.25. The maximum atomic E-state index is 13.5. The van der Waals surface area contributed by atoms with Crippen LogP contribution in [0.25, 0.3) is 0 Å². The Labute approximate surface area is 231 Å². The van der Waals surface area contributed by atoms with E-state index in [-0.39, 0.29) is 30.6 Å². The molecule has 0 unspecified atom stereocenters. The lowest BCUT2D eigenvalue weighted by Crippen LogP contribution is -2.47. The van der Waals surface area contributed by atoms with Crippen LogP contribution in [0.2, 0.25) is 0 Å². The highest BCUT2D eigenvalue weighted by molar-refractivity contribution is 5.93. The van der Waals surface area contributed by atoms with Crippen LogP contribution in [0, 0.1) is 11.8 Å². The number of aryl methyl sites for hydroxylation is 1. The summed E-state index contributed by atoms with van der Waals surface area (Å²) in [5, 5.41) is 5.51. The fraction of sp³-hybridized carbons (Fsp3) is 0.484. The van der Waals surface area contributed by atoms with Crippen LogP contribution >= 0.6 is 0 Å². The van der Waals surface area contributed by atoms with Crippen LogP contribution in [0.1, 0.15) is 58.1 Å². The molecule has 39 heavy (non-hydrogen) atoms. The van der Waals surface area contributed by atoms with Gasteiger partial charge in [0.1, 0.15) is 6.04 Å². The summed E-state index contributed by atoms with van der Waals surface area (Å²) < 4.78 is 10.1. The summed E-state index contributed by atoms with van der Waals surface area (Å²) in [4.78, 5) is 51.8. The molecular weight excluding hydrogens is 496 g/mol. The van der Waals surface area contributed by atoms with Gasteiger partial charge in [0.15, 0.2) is 5.78 Å². The third kappa shape index (κ3) is 11.7. The molecule has 0 bridgehead atoms. The zero-order chi connectivity index (χ0) is 28.8. The monoisotopic (exact) mass is 538 g/mol. The number of amides is 2. The highest BCUT2D eigenvalue weighted by Crippen LogP contribution is 2.20. The third-order valence-corrected chi connectivity index (χ3v) is 6.25. The maximum Gasteiger partial charge on any atom is 0.407 e. The van der Waals surface area contributed by atoms with Gasteiger partial charge in [0.25, 0.3) is 0 Å². The van der Waals surface area contributed by atoms with Gasteiger partial charge in [0.05, 0.1) is 19.3 Å². The molecule has 0 aliphatic heterocycles. The van der Waals surface area contributed by atoms with Gasteiger partial charge in [-0.2, -0.15) is 0 Å². The summed E-state index contributed by atoms with van der Waals surface area (Å²) in [6.07, 6.45) is 0.559. The minimum Gasteiger partial charge on any atom is -0.467 e. The second-order valence-electron chi connectivity index (χ2n) is 10.4. The number of ether oxygens (including phenoxy) is 2. The van der Waals surface area contributed by atoms with E-state index in [0.717, 1.165) is 11.1 Å². The lowest BCUT2D eigenvalue weighted by Gasteiger charge is -2.24. The van der Waals surface area contributed by atoms with E-state index >= 15 is 0 Å². The first-order valence-corrected chi connectivity index (χ1v) is 13.5. The van der Waals surface area contributed by atoms with E-state index in [2.05, 4.69) is 10.6 Å². The largest absolute Gasteiger partial charge is 0.467 e. The first-order valence-electron chi connectivity index (χ1n) is 13.5. The molecule has 0 aliphatic carbocycles. The average molecular weight is 539 g/mol. The summed E-state index contributed by atoms with van der Waals surface area (Å²) in [6.45, 7) is 7.41. The van der Waals surface area contributed by atoms with Gasteiger partial charge in [-0.05, 0) is 50.2 Å². The molecule has 0 saturated heterocycles. The van der Waals surface area contributed by atoms with E-state index in [1.54, 1.807) is 13.8 Å². The molecule has 2 amide bonds. The van der Waals surface area contributed by atoms with Gasteiger partial charge in [0, 0.05) is 18.8 Å². The normalized spacial score (nSPS) is 13.3. The molecular formula is C31H42N2O6. The Morgan fingerprint density at radius 3 is 1.92 bits per heavy atom. The minimum atomic E-state index is -0.886. The van der Waals surface area contributed by atoms with Gasteiger partial charge >= 0.3 is 12.1 Å². The zero-order valence-electron chi connectivity index (χ0n) is 23.6. The van der Waals surface area contributed by atoms with Crippen LogP contribution in [0.15, 0.2) is 60.7 Å². The summed E-state index contributed by atoms with van der Waals surface area (Å²) >= 11 is 0. The fourth-order valence-corrected chi connectivity index (χ4v) is 4.37. The fourth-order valence-electron chi connectivity index (χ4n) is 4.37. The summed E-state index contributed by atoms with van der Waals surface area (Å²) in [7, 11) is 1.28. The predicted octanol–water partition coefficient (Wildman–Crippen LogP) is 4.64. The van der Waals surface area contributed by atoms with Gasteiger partial charge in [-0.1, -0.05) is 74.5 Å². The number of benzene rings is 2. The molecule has 8 nitrogen and oxygen atoms in total. The molecule has 2 rings (SSSR count). The van der Waals surface area contributed by atoms with Gasteiger partial charge in [-0.3, -0.25) is 9.59 Å². The average Bonchev–Trinajstić information content (AvgIpc) is 2.90. The minimum absolute atomic E-state index is 0.0787. The molecule has 3 atom stereocenters. The Hall–Kier alpha value is -3.68. The molecule has 8 heteroatoms. The maximum absolute atomic E-state index is 13.5.